The maximum Gasteiger partial charge on any atom is 0.351 e. The molecule has 4 rings (SSSR count). The van der Waals surface area contributed by atoms with E-state index in [1.807, 2.05) is 11.8 Å². The van der Waals surface area contributed by atoms with Gasteiger partial charge in [-0.2, -0.15) is 5.10 Å². The van der Waals surface area contributed by atoms with Gasteiger partial charge in [-0.1, -0.05) is 0 Å². The molecular weight excluding hydrogens is 324 g/mol. The third-order valence-electron chi connectivity index (χ3n) is 4.77. The van der Waals surface area contributed by atoms with Crippen molar-refractivity contribution in [3.63, 3.8) is 0 Å². The van der Waals surface area contributed by atoms with Gasteiger partial charge in [0.15, 0.2) is 11.5 Å². The molecule has 2 aliphatic rings. The molecule has 0 radical (unpaired) electrons. The summed E-state index contributed by atoms with van der Waals surface area (Å²) in [6.07, 6.45) is 2.01. The van der Waals surface area contributed by atoms with Crippen molar-refractivity contribution in [1.82, 2.24) is 19.2 Å². The van der Waals surface area contributed by atoms with Crippen LogP contribution in [0.1, 0.15) is 25.6 Å². The van der Waals surface area contributed by atoms with E-state index in [0.29, 0.717) is 23.0 Å². The molecule has 0 spiro atoms. The first-order valence-electron chi connectivity index (χ1n) is 8.40. The molecule has 0 bridgehead atoms. The molecule has 25 heavy (non-hydrogen) atoms. The number of carbonyl (C=O) groups excluding carboxylic acids is 1. The fraction of sp³-hybridized carbons (Fsp3) is 0.471. The molecule has 1 amide bonds. The minimum absolute atomic E-state index is 0.0401. The Morgan fingerprint density at radius 1 is 1.32 bits per heavy atom. The van der Waals surface area contributed by atoms with E-state index in [0.717, 1.165) is 19.4 Å². The number of aryl methyl sites for hydroxylation is 1. The zero-order chi connectivity index (χ0) is 17.6. The standard InChI is InChI=1S/C17H20N4O4/c1-11-4-3-7-19(11)16(22)9-20-17(23)21(12(2)18-20)13-5-6-14-15(8-13)25-10-24-14/h5-6,8,11H,3-4,7,9-10H2,1-2H3/t11-/m1/s1. The van der Waals surface area contributed by atoms with E-state index in [9.17, 15) is 9.59 Å². The quantitative estimate of drug-likeness (QED) is 0.833. The van der Waals surface area contributed by atoms with E-state index in [1.54, 1.807) is 25.1 Å². The summed E-state index contributed by atoms with van der Waals surface area (Å²) in [4.78, 5) is 27.0. The zero-order valence-corrected chi connectivity index (χ0v) is 14.3. The predicted octanol–water partition coefficient (Wildman–Crippen LogP) is 1.08. The van der Waals surface area contributed by atoms with Crippen LogP contribution in [0.4, 0.5) is 0 Å². The van der Waals surface area contributed by atoms with Crippen LogP contribution >= 0.6 is 0 Å². The summed E-state index contributed by atoms with van der Waals surface area (Å²) in [6.45, 7) is 4.65. The minimum atomic E-state index is -0.337. The summed E-state index contributed by atoms with van der Waals surface area (Å²) in [7, 11) is 0. The first-order chi connectivity index (χ1) is 12.0. The maximum atomic E-state index is 12.7. The highest BCUT2D eigenvalue weighted by atomic mass is 16.7. The van der Waals surface area contributed by atoms with Gasteiger partial charge in [-0.3, -0.25) is 4.79 Å². The number of likely N-dealkylation sites (tertiary alicyclic amines) is 1. The van der Waals surface area contributed by atoms with Gasteiger partial charge in [-0.05, 0) is 38.8 Å². The van der Waals surface area contributed by atoms with Gasteiger partial charge in [-0.25, -0.2) is 14.0 Å². The average molecular weight is 344 g/mol. The lowest BCUT2D eigenvalue weighted by molar-refractivity contribution is -0.132. The Kier molecular flexibility index (Phi) is 3.74. The number of hydrogen-bond acceptors (Lipinski definition) is 5. The summed E-state index contributed by atoms with van der Waals surface area (Å²) in [5.74, 6) is 1.70. The van der Waals surface area contributed by atoms with Crippen LogP contribution in [0.3, 0.4) is 0 Å². The number of rotatable bonds is 3. The summed E-state index contributed by atoms with van der Waals surface area (Å²) in [6, 6.07) is 5.50. The van der Waals surface area contributed by atoms with E-state index in [2.05, 4.69) is 5.10 Å². The molecular formula is C17H20N4O4. The van der Waals surface area contributed by atoms with Gasteiger partial charge in [0.2, 0.25) is 12.7 Å². The molecule has 3 heterocycles. The fourth-order valence-electron chi connectivity index (χ4n) is 3.46. The fourth-order valence-corrected chi connectivity index (χ4v) is 3.46. The van der Waals surface area contributed by atoms with Crippen LogP contribution in [0.2, 0.25) is 0 Å². The average Bonchev–Trinajstić information content (AvgIpc) is 3.27. The molecule has 8 nitrogen and oxygen atoms in total. The molecule has 2 aromatic rings. The highest BCUT2D eigenvalue weighted by Crippen LogP contribution is 2.33. The molecule has 0 N–H and O–H groups in total. The van der Waals surface area contributed by atoms with Crippen LogP contribution in [-0.4, -0.2) is 44.5 Å². The number of nitrogens with zero attached hydrogens (tertiary/aromatic N) is 4. The van der Waals surface area contributed by atoms with Crippen LogP contribution in [0.5, 0.6) is 11.5 Å². The molecule has 1 atom stereocenters. The van der Waals surface area contributed by atoms with Crippen molar-refractivity contribution in [2.24, 2.45) is 0 Å². The molecule has 0 aliphatic carbocycles. The Hall–Kier alpha value is -2.77. The predicted molar refractivity (Wildman–Crippen MR) is 89.1 cm³/mol. The van der Waals surface area contributed by atoms with Crippen LogP contribution in [0.15, 0.2) is 23.0 Å². The molecule has 0 saturated carbocycles. The molecule has 1 aromatic carbocycles. The Bertz CT molecular complexity index is 885. The smallest absolute Gasteiger partial charge is 0.351 e. The highest BCUT2D eigenvalue weighted by Gasteiger charge is 2.26. The van der Waals surface area contributed by atoms with Gasteiger partial charge in [0.25, 0.3) is 0 Å². The summed E-state index contributed by atoms with van der Waals surface area (Å²) >= 11 is 0. The lowest BCUT2D eigenvalue weighted by atomic mass is 10.2. The Labute approximate surface area is 144 Å². The van der Waals surface area contributed by atoms with Gasteiger partial charge >= 0.3 is 5.69 Å². The van der Waals surface area contributed by atoms with Gasteiger partial charge < -0.3 is 14.4 Å². The zero-order valence-electron chi connectivity index (χ0n) is 14.3. The molecule has 1 saturated heterocycles. The Morgan fingerprint density at radius 3 is 2.88 bits per heavy atom. The lowest BCUT2D eigenvalue weighted by Crippen LogP contribution is -2.38. The minimum Gasteiger partial charge on any atom is -0.454 e. The van der Waals surface area contributed by atoms with E-state index < -0.39 is 0 Å². The van der Waals surface area contributed by atoms with Gasteiger partial charge in [0.1, 0.15) is 12.4 Å². The van der Waals surface area contributed by atoms with E-state index in [4.69, 9.17) is 9.47 Å². The Morgan fingerprint density at radius 2 is 2.12 bits per heavy atom. The topological polar surface area (TPSA) is 78.6 Å². The number of amides is 1. The third kappa shape index (κ3) is 2.67. The van der Waals surface area contributed by atoms with Crippen molar-refractivity contribution in [2.75, 3.05) is 13.3 Å². The van der Waals surface area contributed by atoms with Crippen molar-refractivity contribution in [2.45, 2.75) is 39.3 Å². The van der Waals surface area contributed by atoms with Crippen molar-refractivity contribution in [3.8, 4) is 17.2 Å². The van der Waals surface area contributed by atoms with Gasteiger partial charge in [-0.15, -0.1) is 0 Å². The van der Waals surface area contributed by atoms with E-state index >= 15 is 0 Å². The first kappa shape index (κ1) is 15.7. The van der Waals surface area contributed by atoms with Crippen molar-refractivity contribution in [1.29, 1.82) is 0 Å². The van der Waals surface area contributed by atoms with Crippen molar-refractivity contribution >= 4 is 5.91 Å². The number of carbonyl (C=O) groups is 1. The second-order valence-electron chi connectivity index (χ2n) is 6.44. The number of hydrogen-bond donors (Lipinski definition) is 0. The van der Waals surface area contributed by atoms with Crippen molar-refractivity contribution < 1.29 is 14.3 Å². The SMILES string of the molecule is Cc1nn(CC(=O)N2CCC[C@H]2C)c(=O)n1-c1ccc2c(c1)OCO2. The van der Waals surface area contributed by atoms with E-state index in [-0.39, 0.29) is 31.0 Å². The molecule has 1 aromatic heterocycles. The monoisotopic (exact) mass is 344 g/mol. The number of aromatic nitrogens is 3. The highest BCUT2D eigenvalue weighted by molar-refractivity contribution is 5.76. The first-order valence-corrected chi connectivity index (χ1v) is 8.40. The van der Waals surface area contributed by atoms with Crippen LogP contribution in [0, 0.1) is 6.92 Å². The second-order valence-corrected chi connectivity index (χ2v) is 6.44. The van der Waals surface area contributed by atoms with Crippen molar-refractivity contribution in [3.05, 3.63) is 34.5 Å². The largest absolute Gasteiger partial charge is 0.454 e. The number of ether oxygens (including phenoxy) is 2. The number of fused-ring (bicyclic) bond motifs is 1. The number of benzene rings is 1. The molecule has 2 aliphatic heterocycles. The Balaban J connectivity index is 1.63. The second kappa shape index (κ2) is 5.94. The molecule has 132 valence electrons. The maximum absolute atomic E-state index is 12.7. The third-order valence-corrected chi connectivity index (χ3v) is 4.77. The summed E-state index contributed by atoms with van der Waals surface area (Å²) in [5.41, 5.74) is 0.302. The van der Waals surface area contributed by atoms with Gasteiger partial charge in [0.05, 0.1) is 5.69 Å². The lowest BCUT2D eigenvalue weighted by Gasteiger charge is -2.20. The molecule has 1 fully saturated rings. The normalized spacial score (nSPS) is 18.8. The van der Waals surface area contributed by atoms with Crippen LogP contribution < -0.4 is 15.2 Å². The summed E-state index contributed by atoms with van der Waals surface area (Å²) in [5, 5.41) is 4.26. The molecule has 0 unspecified atom stereocenters. The van der Waals surface area contributed by atoms with Crippen LogP contribution in [-0.2, 0) is 11.3 Å². The molecule has 8 heteroatoms. The van der Waals surface area contributed by atoms with E-state index in [1.165, 1.54) is 9.25 Å². The van der Waals surface area contributed by atoms with Crippen LogP contribution in [0.25, 0.3) is 5.69 Å². The van der Waals surface area contributed by atoms with Gasteiger partial charge in [0, 0.05) is 18.7 Å². The summed E-state index contributed by atoms with van der Waals surface area (Å²) < 4.78 is 13.4.